The molecule has 2 fully saturated rings. The Balaban J connectivity index is 0.000000499. The molecule has 2 aliphatic carbocycles. The third-order valence-electron chi connectivity index (χ3n) is 8.62. The number of likely N-dealkylation sites (N-methyl/N-ethyl adjacent to an activating group) is 2. The molecular formula is C34H47F6LiN4O8. The SMILES string of the molecule is CCOC(=O)C(CC1CC1)n1cc(CCN(C)C)c(C(F)(F)F)cc1=O.CN(C)CCc1cn(C(CC2CC2)C(=O)O)c(=O)cc1C(F)(F)F.[Li+].[O-]O. The number of carboxylic acid groups (broad SMARTS) is 1. The first-order valence-corrected chi connectivity index (χ1v) is 16.7. The van der Waals surface area contributed by atoms with Crippen molar-refractivity contribution in [2.75, 3.05) is 47.9 Å². The van der Waals surface area contributed by atoms with Crippen molar-refractivity contribution in [3.63, 3.8) is 0 Å². The van der Waals surface area contributed by atoms with Crippen LogP contribution < -0.4 is 35.2 Å². The fourth-order valence-electron chi connectivity index (χ4n) is 5.52. The quantitative estimate of drug-likeness (QED) is 0.0887. The largest absolute Gasteiger partial charge is 1.00 e. The summed E-state index contributed by atoms with van der Waals surface area (Å²) in [6, 6.07) is -0.876. The molecule has 19 heteroatoms. The molecule has 294 valence electrons. The number of halogens is 6. The van der Waals surface area contributed by atoms with Crippen molar-refractivity contribution >= 4 is 11.9 Å². The maximum Gasteiger partial charge on any atom is 1.00 e. The van der Waals surface area contributed by atoms with Gasteiger partial charge in [-0.25, -0.2) is 9.59 Å². The van der Waals surface area contributed by atoms with Crippen molar-refractivity contribution in [1.82, 2.24) is 18.9 Å². The van der Waals surface area contributed by atoms with Crippen LogP contribution >= 0.6 is 0 Å². The van der Waals surface area contributed by atoms with E-state index in [0.29, 0.717) is 37.6 Å². The minimum Gasteiger partial charge on any atom is -0.727 e. The summed E-state index contributed by atoms with van der Waals surface area (Å²) >= 11 is 0. The molecule has 4 rings (SSSR count). The number of rotatable bonds is 15. The Hall–Kier alpha value is -3.14. The Kier molecular flexibility index (Phi) is 19.0. The van der Waals surface area contributed by atoms with Crippen molar-refractivity contribution in [2.24, 2.45) is 11.8 Å². The number of nitrogens with zero attached hydrogens (tertiary/aromatic N) is 4. The van der Waals surface area contributed by atoms with E-state index in [2.05, 4.69) is 0 Å². The van der Waals surface area contributed by atoms with Crippen LogP contribution in [0.4, 0.5) is 26.3 Å². The maximum absolute atomic E-state index is 13.3. The van der Waals surface area contributed by atoms with Crippen LogP contribution in [-0.4, -0.2) is 89.1 Å². The molecule has 2 N–H and O–H groups in total. The molecule has 2 aromatic rings. The van der Waals surface area contributed by atoms with E-state index in [-0.39, 0.29) is 61.8 Å². The molecule has 2 saturated carbocycles. The number of ether oxygens (including phenoxy) is 1. The van der Waals surface area contributed by atoms with Gasteiger partial charge in [0, 0.05) is 37.6 Å². The Morgan fingerprint density at radius 2 is 1.15 bits per heavy atom. The number of alkyl halides is 6. The normalized spacial score (nSPS) is 15.4. The van der Waals surface area contributed by atoms with Crippen molar-refractivity contribution in [2.45, 2.75) is 82.7 Å². The second kappa shape index (κ2) is 21.1. The molecule has 2 aromatic heterocycles. The summed E-state index contributed by atoms with van der Waals surface area (Å²) < 4.78 is 86.7. The second-order valence-electron chi connectivity index (χ2n) is 13.5. The third-order valence-corrected chi connectivity index (χ3v) is 8.62. The third kappa shape index (κ3) is 15.3. The summed E-state index contributed by atoms with van der Waals surface area (Å²) in [6.45, 7) is 2.57. The monoisotopic (exact) mass is 760 g/mol. The predicted octanol–water partition coefficient (Wildman–Crippen LogP) is 1.10. The molecule has 0 aliphatic heterocycles. The molecule has 0 aromatic carbocycles. The molecule has 0 saturated heterocycles. The Labute approximate surface area is 315 Å². The molecule has 53 heavy (non-hydrogen) atoms. The van der Waals surface area contributed by atoms with E-state index in [1.807, 2.05) is 0 Å². The maximum atomic E-state index is 13.3. The van der Waals surface area contributed by atoms with Gasteiger partial charge in [-0.2, -0.15) is 26.3 Å². The molecule has 0 radical (unpaired) electrons. The van der Waals surface area contributed by atoms with Gasteiger partial charge >= 0.3 is 43.2 Å². The van der Waals surface area contributed by atoms with E-state index in [1.54, 1.807) is 44.9 Å². The Morgan fingerprint density at radius 3 is 1.45 bits per heavy atom. The van der Waals surface area contributed by atoms with Crippen LogP contribution in [0.2, 0.25) is 0 Å². The topological polar surface area (TPSA) is 157 Å². The number of hydrogen-bond donors (Lipinski definition) is 2. The van der Waals surface area contributed by atoms with Gasteiger partial charge in [0.1, 0.15) is 12.1 Å². The first kappa shape index (κ1) is 47.9. The van der Waals surface area contributed by atoms with Gasteiger partial charge in [0.15, 0.2) is 0 Å². The Bertz CT molecular complexity index is 1610. The predicted molar refractivity (Wildman–Crippen MR) is 176 cm³/mol. The van der Waals surface area contributed by atoms with Gasteiger partial charge in [-0.3, -0.25) is 9.59 Å². The number of aromatic nitrogens is 2. The van der Waals surface area contributed by atoms with Crippen molar-refractivity contribution < 1.29 is 75.2 Å². The van der Waals surface area contributed by atoms with E-state index >= 15 is 0 Å². The van der Waals surface area contributed by atoms with E-state index in [9.17, 15) is 50.6 Å². The fraction of sp³-hybridized carbons (Fsp3) is 0.647. The summed E-state index contributed by atoms with van der Waals surface area (Å²) in [6.07, 6.45) is -2.39. The van der Waals surface area contributed by atoms with E-state index in [4.69, 9.17) is 15.3 Å². The number of aliphatic carboxylic acids is 1. The zero-order valence-corrected chi connectivity index (χ0v) is 30.8. The standard InChI is InChI=1S/C18H25F3N2O3.C16H21F3N2O3.Li.H2O2/c1-4-26-17(25)15(9-12-5-6-12)23-11-13(7-8-22(2)3)14(10-16(23)24)18(19,20)21;1-20(2)6-5-11-9-21(13(15(23)24)7-10-3-4-10)14(22)8-12(11)16(17,18)19;;1-2/h10-12,15H,4-9H2,1-3H3;8-10,13H,3-7H2,1-2H3,(H,23,24);;1-2H/q;;+1;/p-1. The van der Waals surface area contributed by atoms with Crippen LogP contribution in [0.5, 0.6) is 0 Å². The fourth-order valence-corrected chi connectivity index (χ4v) is 5.52. The number of esters is 1. The van der Waals surface area contributed by atoms with Crippen LogP contribution in [-0.2, 0) is 39.5 Å². The van der Waals surface area contributed by atoms with Gasteiger partial charge in [-0.05, 0) is 83.8 Å². The van der Waals surface area contributed by atoms with Crippen LogP contribution in [0.3, 0.4) is 0 Å². The number of carboxylic acids is 1. The zero-order valence-electron chi connectivity index (χ0n) is 30.8. The first-order chi connectivity index (χ1) is 24.2. The molecule has 2 aliphatic rings. The average Bonchev–Trinajstić information content (AvgIpc) is 3.98. The Morgan fingerprint density at radius 1 is 0.792 bits per heavy atom. The minimum atomic E-state index is -4.64. The summed E-state index contributed by atoms with van der Waals surface area (Å²) in [5, 5.41) is 22.4. The van der Waals surface area contributed by atoms with E-state index in [1.165, 1.54) is 6.20 Å². The molecule has 0 bridgehead atoms. The summed E-state index contributed by atoms with van der Waals surface area (Å²) in [4.78, 5) is 51.8. The molecule has 2 heterocycles. The van der Waals surface area contributed by atoms with Gasteiger partial charge in [-0.1, -0.05) is 25.7 Å². The smallest absolute Gasteiger partial charge is 0.727 e. The summed E-state index contributed by atoms with van der Waals surface area (Å²) in [5.41, 5.74) is -3.72. The molecule has 2 unspecified atom stereocenters. The van der Waals surface area contributed by atoms with Crippen LogP contribution in [0.15, 0.2) is 34.1 Å². The van der Waals surface area contributed by atoms with Gasteiger partial charge in [0.25, 0.3) is 11.1 Å². The van der Waals surface area contributed by atoms with E-state index in [0.717, 1.165) is 41.0 Å². The molecule has 0 spiro atoms. The minimum absolute atomic E-state index is 0. The zero-order chi connectivity index (χ0) is 39.6. The number of carbonyl (C=O) groups excluding carboxylic acids is 1. The molecule has 12 nitrogen and oxygen atoms in total. The van der Waals surface area contributed by atoms with Crippen molar-refractivity contribution in [3.05, 3.63) is 67.5 Å². The van der Waals surface area contributed by atoms with Crippen molar-refractivity contribution in [1.29, 1.82) is 0 Å². The summed E-state index contributed by atoms with van der Waals surface area (Å²) in [5.74, 6) is -1.23. The van der Waals surface area contributed by atoms with Gasteiger partial charge in [0.05, 0.1) is 17.7 Å². The van der Waals surface area contributed by atoms with E-state index < -0.39 is 58.6 Å². The first-order valence-electron chi connectivity index (χ1n) is 16.7. The second-order valence-corrected chi connectivity index (χ2v) is 13.5. The van der Waals surface area contributed by atoms with Crippen LogP contribution in [0.1, 0.15) is 79.8 Å². The molecule has 0 amide bonds. The molecule has 2 atom stereocenters. The summed E-state index contributed by atoms with van der Waals surface area (Å²) in [7, 11) is 6.99. The number of carbonyl (C=O) groups is 2. The number of pyridine rings is 2. The molecular weight excluding hydrogens is 713 g/mol. The van der Waals surface area contributed by atoms with Gasteiger partial charge in [0.2, 0.25) is 0 Å². The number of hydrogen-bond acceptors (Lipinski definition) is 9. The van der Waals surface area contributed by atoms with Crippen LogP contribution in [0.25, 0.3) is 0 Å². The van der Waals surface area contributed by atoms with Crippen molar-refractivity contribution in [3.8, 4) is 0 Å². The van der Waals surface area contributed by atoms with Gasteiger partial charge < -0.3 is 39.3 Å². The average molecular weight is 761 g/mol. The van der Waals surface area contributed by atoms with Crippen LogP contribution in [0, 0.1) is 11.8 Å². The van der Waals surface area contributed by atoms with Gasteiger partial charge in [-0.15, -0.1) is 0 Å².